The second kappa shape index (κ2) is 6.11. The minimum Gasteiger partial charge on any atom is -0.481 e. The fourth-order valence-corrected chi connectivity index (χ4v) is 1.65. The van der Waals surface area contributed by atoms with E-state index in [4.69, 9.17) is 4.74 Å². The van der Waals surface area contributed by atoms with Crippen LogP contribution in [0.4, 0.5) is 0 Å². The lowest BCUT2D eigenvalue weighted by Crippen LogP contribution is -2.11. The molecule has 0 aromatic carbocycles. The molecule has 6 heteroatoms. The lowest BCUT2D eigenvalue weighted by Gasteiger charge is -2.05. The van der Waals surface area contributed by atoms with Gasteiger partial charge in [0.25, 0.3) is 0 Å². The first-order valence-electron chi connectivity index (χ1n) is 5.91. The summed E-state index contributed by atoms with van der Waals surface area (Å²) in [4.78, 5) is 4.15. The minimum absolute atomic E-state index is 0.607. The normalized spacial score (nSPS) is 10.6. The van der Waals surface area contributed by atoms with Crippen LogP contribution in [0.2, 0.25) is 0 Å². The zero-order chi connectivity index (χ0) is 12.8. The Morgan fingerprint density at radius 1 is 1.44 bits per heavy atom. The second-order valence-corrected chi connectivity index (χ2v) is 3.86. The van der Waals surface area contributed by atoms with Crippen LogP contribution in [0.5, 0.6) is 5.88 Å². The number of aromatic nitrogens is 4. The van der Waals surface area contributed by atoms with Gasteiger partial charge < -0.3 is 10.1 Å². The molecule has 2 rings (SSSR count). The number of ether oxygens (including phenoxy) is 1. The van der Waals surface area contributed by atoms with Gasteiger partial charge in [-0.25, -0.2) is 9.67 Å². The average molecular weight is 247 g/mol. The lowest BCUT2D eigenvalue weighted by atomic mass is 10.3. The van der Waals surface area contributed by atoms with Crippen LogP contribution in [0.25, 0.3) is 0 Å². The molecule has 2 aromatic heterocycles. The average Bonchev–Trinajstić information content (AvgIpc) is 2.84. The Morgan fingerprint density at radius 3 is 3.11 bits per heavy atom. The Hall–Kier alpha value is -1.95. The van der Waals surface area contributed by atoms with Gasteiger partial charge in [-0.15, -0.1) is 5.10 Å². The van der Waals surface area contributed by atoms with Gasteiger partial charge in [-0.3, -0.25) is 0 Å². The Bertz CT molecular complexity index is 497. The molecule has 0 aliphatic carbocycles. The molecule has 18 heavy (non-hydrogen) atoms. The summed E-state index contributed by atoms with van der Waals surface area (Å²) in [7, 11) is 1.61. The van der Waals surface area contributed by atoms with E-state index < -0.39 is 0 Å². The third-order valence-corrected chi connectivity index (χ3v) is 2.52. The molecule has 96 valence electrons. The third-order valence-electron chi connectivity index (χ3n) is 2.52. The van der Waals surface area contributed by atoms with Gasteiger partial charge in [-0.05, 0) is 12.6 Å². The van der Waals surface area contributed by atoms with Gasteiger partial charge in [0.2, 0.25) is 5.88 Å². The van der Waals surface area contributed by atoms with Gasteiger partial charge in [0, 0.05) is 18.3 Å². The molecule has 2 aromatic rings. The Labute approximate surface area is 106 Å². The highest BCUT2D eigenvalue weighted by atomic mass is 16.5. The molecular weight excluding hydrogens is 230 g/mol. The van der Waals surface area contributed by atoms with Crippen molar-refractivity contribution in [2.75, 3.05) is 13.7 Å². The highest BCUT2D eigenvalue weighted by Gasteiger charge is 2.06. The number of hydrogen-bond acceptors (Lipinski definition) is 5. The van der Waals surface area contributed by atoms with E-state index in [1.165, 1.54) is 0 Å². The summed E-state index contributed by atoms with van der Waals surface area (Å²) in [6, 6.07) is 3.85. The number of methoxy groups -OCH3 is 1. The molecule has 0 spiro atoms. The monoisotopic (exact) mass is 247 g/mol. The van der Waals surface area contributed by atoms with Gasteiger partial charge in [0.1, 0.15) is 0 Å². The number of nitrogens with one attached hydrogen (secondary N) is 1. The number of hydrogen-bond donors (Lipinski definition) is 1. The van der Waals surface area contributed by atoms with E-state index in [0.717, 1.165) is 24.3 Å². The summed E-state index contributed by atoms with van der Waals surface area (Å²) in [6.45, 7) is 4.32. The van der Waals surface area contributed by atoms with Gasteiger partial charge in [0.15, 0.2) is 0 Å². The topological polar surface area (TPSA) is 64.9 Å². The Kier molecular flexibility index (Phi) is 4.25. The molecule has 0 amide bonds. The number of rotatable bonds is 6. The Balaban J connectivity index is 2.06. The van der Waals surface area contributed by atoms with Crippen LogP contribution >= 0.6 is 0 Å². The van der Waals surface area contributed by atoms with E-state index in [1.54, 1.807) is 18.0 Å². The van der Waals surface area contributed by atoms with Crippen molar-refractivity contribution in [3.63, 3.8) is 0 Å². The Morgan fingerprint density at radius 2 is 2.33 bits per heavy atom. The predicted molar refractivity (Wildman–Crippen MR) is 67.3 cm³/mol. The molecule has 0 atom stereocenters. The van der Waals surface area contributed by atoms with Crippen molar-refractivity contribution in [1.29, 1.82) is 0 Å². The van der Waals surface area contributed by atoms with Crippen LogP contribution < -0.4 is 10.1 Å². The summed E-state index contributed by atoms with van der Waals surface area (Å²) in [5.41, 5.74) is 1.92. The fourth-order valence-electron chi connectivity index (χ4n) is 1.65. The van der Waals surface area contributed by atoms with Crippen molar-refractivity contribution in [3.8, 4) is 5.88 Å². The first-order chi connectivity index (χ1) is 8.83. The maximum absolute atomic E-state index is 5.20. The largest absolute Gasteiger partial charge is 0.481 e. The molecule has 0 saturated carbocycles. The second-order valence-electron chi connectivity index (χ2n) is 3.86. The SMILES string of the molecule is CCNCc1cn(Cc2cccnc2OC)nn1. The molecule has 0 aliphatic rings. The van der Waals surface area contributed by atoms with Crippen LogP contribution in [0.15, 0.2) is 24.5 Å². The van der Waals surface area contributed by atoms with Gasteiger partial charge in [-0.1, -0.05) is 18.2 Å². The standard InChI is InChI=1S/C12H17N5O/c1-3-13-7-11-9-17(16-15-11)8-10-5-4-6-14-12(10)18-2/h4-6,9,13H,3,7-8H2,1-2H3. The lowest BCUT2D eigenvalue weighted by molar-refractivity contribution is 0.390. The highest BCUT2D eigenvalue weighted by molar-refractivity contribution is 5.25. The van der Waals surface area contributed by atoms with E-state index in [0.29, 0.717) is 12.4 Å². The van der Waals surface area contributed by atoms with Crippen molar-refractivity contribution < 1.29 is 4.74 Å². The molecule has 0 unspecified atom stereocenters. The molecule has 0 bridgehead atoms. The maximum Gasteiger partial charge on any atom is 0.218 e. The molecule has 0 aliphatic heterocycles. The summed E-state index contributed by atoms with van der Waals surface area (Å²) in [5.74, 6) is 0.626. The molecule has 6 nitrogen and oxygen atoms in total. The number of nitrogens with zero attached hydrogens (tertiary/aromatic N) is 4. The van der Waals surface area contributed by atoms with Crippen LogP contribution in [0, 0.1) is 0 Å². The molecular formula is C12H17N5O. The fraction of sp³-hybridized carbons (Fsp3) is 0.417. The molecule has 0 radical (unpaired) electrons. The van der Waals surface area contributed by atoms with Crippen LogP contribution in [-0.4, -0.2) is 33.6 Å². The summed E-state index contributed by atoms with van der Waals surface area (Å²) >= 11 is 0. The van der Waals surface area contributed by atoms with Gasteiger partial charge in [0.05, 0.1) is 25.5 Å². The van der Waals surface area contributed by atoms with Gasteiger partial charge >= 0.3 is 0 Å². The summed E-state index contributed by atoms with van der Waals surface area (Å²) in [5, 5.41) is 11.4. The predicted octanol–water partition coefficient (Wildman–Crippen LogP) is 0.839. The molecule has 2 heterocycles. The minimum atomic E-state index is 0.607. The van der Waals surface area contributed by atoms with E-state index in [2.05, 4.69) is 27.5 Å². The first-order valence-corrected chi connectivity index (χ1v) is 5.91. The van der Waals surface area contributed by atoms with Crippen molar-refractivity contribution in [2.45, 2.75) is 20.0 Å². The number of pyridine rings is 1. The van der Waals surface area contributed by atoms with Crippen molar-refractivity contribution >= 4 is 0 Å². The van der Waals surface area contributed by atoms with Crippen LogP contribution in [0.1, 0.15) is 18.2 Å². The summed E-state index contributed by atoms with van der Waals surface area (Å²) in [6.07, 6.45) is 3.63. The molecule has 1 N–H and O–H groups in total. The zero-order valence-corrected chi connectivity index (χ0v) is 10.6. The smallest absolute Gasteiger partial charge is 0.218 e. The summed E-state index contributed by atoms with van der Waals surface area (Å²) < 4.78 is 6.99. The van der Waals surface area contributed by atoms with E-state index in [1.807, 2.05) is 18.3 Å². The van der Waals surface area contributed by atoms with Gasteiger partial charge in [-0.2, -0.15) is 0 Å². The van der Waals surface area contributed by atoms with Crippen molar-refractivity contribution in [3.05, 3.63) is 35.8 Å². The van der Waals surface area contributed by atoms with Crippen LogP contribution in [0.3, 0.4) is 0 Å². The van der Waals surface area contributed by atoms with E-state index >= 15 is 0 Å². The van der Waals surface area contributed by atoms with Crippen molar-refractivity contribution in [1.82, 2.24) is 25.3 Å². The van der Waals surface area contributed by atoms with Crippen molar-refractivity contribution in [2.24, 2.45) is 0 Å². The maximum atomic E-state index is 5.20. The highest BCUT2D eigenvalue weighted by Crippen LogP contribution is 2.14. The quantitative estimate of drug-likeness (QED) is 0.819. The third kappa shape index (κ3) is 3.04. The molecule has 0 saturated heterocycles. The van der Waals surface area contributed by atoms with Crippen LogP contribution in [-0.2, 0) is 13.1 Å². The zero-order valence-electron chi connectivity index (χ0n) is 10.6. The van der Waals surface area contributed by atoms with E-state index in [-0.39, 0.29) is 0 Å². The molecule has 0 fully saturated rings. The van der Waals surface area contributed by atoms with E-state index in [9.17, 15) is 0 Å². The first kappa shape index (κ1) is 12.5.